The molecular formula is C13H12BrClFNS. The van der Waals surface area contributed by atoms with Crippen molar-refractivity contribution in [1.29, 1.82) is 0 Å². The first-order valence-corrected chi connectivity index (χ1v) is 7.56. The molecule has 0 bridgehead atoms. The van der Waals surface area contributed by atoms with Crippen LogP contribution >= 0.6 is 38.9 Å². The summed E-state index contributed by atoms with van der Waals surface area (Å²) in [6.07, 6.45) is 0.887. The van der Waals surface area contributed by atoms with Crippen molar-refractivity contribution in [3.05, 3.63) is 54.9 Å². The average Bonchev–Trinajstić information content (AvgIpc) is 2.81. The molecule has 1 atom stereocenters. The van der Waals surface area contributed by atoms with Crippen molar-refractivity contribution in [3.8, 4) is 0 Å². The van der Waals surface area contributed by atoms with E-state index in [1.807, 2.05) is 11.4 Å². The largest absolute Gasteiger partial charge is 0.320 e. The van der Waals surface area contributed by atoms with E-state index in [-0.39, 0.29) is 5.82 Å². The lowest BCUT2D eigenvalue weighted by molar-refractivity contribution is 0.599. The molecule has 0 aliphatic rings. The number of benzene rings is 1. The van der Waals surface area contributed by atoms with Crippen molar-refractivity contribution in [3.63, 3.8) is 0 Å². The third-order valence-electron chi connectivity index (χ3n) is 2.82. The lowest BCUT2D eigenvalue weighted by atomic mass is 10.0. The van der Waals surface area contributed by atoms with E-state index in [1.54, 1.807) is 17.4 Å². The van der Waals surface area contributed by atoms with Gasteiger partial charge in [0.25, 0.3) is 0 Å². The average molecular weight is 349 g/mol. The van der Waals surface area contributed by atoms with Crippen LogP contribution in [-0.2, 0) is 6.42 Å². The monoisotopic (exact) mass is 347 g/mol. The standard InChI is InChI=1S/C13H12BrClFNS/c1-2-7-3-4-18-13(7)12(17)8-5-10(15)9(14)6-11(8)16/h3-6,12H,2,17H2,1H3. The summed E-state index contributed by atoms with van der Waals surface area (Å²) in [5.74, 6) is -0.339. The molecular weight excluding hydrogens is 337 g/mol. The highest BCUT2D eigenvalue weighted by atomic mass is 79.9. The Morgan fingerprint density at radius 1 is 1.50 bits per heavy atom. The molecule has 0 saturated carbocycles. The van der Waals surface area contributed by atoms with Gasteiger partial charge in [0.1, 0.15) is 5.82 Å². The zero-order chi connectivity index (χ0) is 13.3. The van der Waals surface area contributed by atoms with Crippen molar-refractivity contribution in [2.75, 3.05) is 0 Å². The second-order valence-corrected chi connectivity index (χ2v) is 6.14. The molecule has 1 aromatic heterocycles. The molecule has 1 aromatic carbocycles. The van der Waals surface area contributed by atoms with Crippen molar-refractivity contribution < 1.29 is 4.39 Å². The summed E-state index contributed by atoms with van der Waals surface area (Å²) in [5, 5.41) is 2.45. The van der Waals surface area contributed by atoms with Crippen LogP contribution in [0.25, 0.3) is 0 Å². The Bertz CT molecular complexity index is 570. The molecule has 2 N–H and O–H groups in total. The van der Waals surface area contributed by atoms with Crippen LogP contribution in [0.2, 0.25) is 5.02 Å². The van der Waals surface area contributed by atoms with Gasteiger partial charge in [-0.05, 0) is 51.5 Å². The highest BCUT2D eigenvalue weighted by molar-refractivity contribution is 9.10. The second kappa shape index (κ2) is 5.70. The van der Waals surface area contributed by atoms with E-state index in [4.69, 9.17) is 17.3 Å². The summed E-state index contributed by atoms with van der Waals surface area (Å²) in [7, 11) is 0. The van der Waals surface area contributed by atoms with Gasteiger partial charge in [-0.1, -0.05) is 18.5 Å². The fraction of sp³-hybridized carbons (Fsp3) is 0.231. The number of nitrogens with two attached hydrogens (primary N) is 1. The summed E-state index contributed by atoms with van der Waals surface area (Å²) >= 11 is 10.7. The highest BCUT2D eigenvalue weighted by Gasteiger charge is 2.19. The maximum atomic E-state index is 13.9. The molecule has 18 heavy (non-hydrogen) atoms. The Morgan fingerprint density at radius 2 is 2.22 bits per heavy atom. The first-order chi connectivity index (χ1) is 8.54. The number of aryl methyl sites for hydroxylation is 1. The molecule has 2 aromatic rings. The van der Waals surface area contributed by atoms with Gasteiger partial charge in [-0.15, -0.1) is 11.3 Å². The van der Waals surface area contributed by atoms with E-state index >= 15 is 0 Å². The Balaban J connectivity index is 2.46. The Morgan fingerprint density at radius 3 is 2.89 bits per heavy atom. The summed E-state index contributed by atoms with van der Waals surface area (Å²) in [6.45, 7) is 2.06. The third-order valence-corrected chi connectivity index (χ3v) is 5.06. The van der Waals surface area contributed by atoms with Crippen LogP contribution in [0.5, 0.6) is 0 Å². The zero-order valence-corrected chi connectivity index (χ0v) is 12.9. The molecule has 2 rings (SSSR count). The molecule has 5 heteroatoms. The minimum atomic E-state index is -0.467. The molecule has 1 heterocycles. The van der Waals surface area contributed by atoms with Gasteiger partial charge in [0.05, 0.1) is 11.1 Å². The fourth-order valence-electron chi connectivity index (χ4n) is 1.83. The zero-order valence-electron chi connectivity index (χ0n) is 9.71. The molecule has 0 saturated heterocycles. The van der Waals surface area contributed by atoms with E-state index in [0.717, 1.165) is 16.9 Å². The first kappa shape index (κ1) is 14.0. The van der Waals surface area contributed by atoms with E-state index in [9.17, 15) is 4.39 Å². The molecule has 0 amide bonds. The smallest absolute Gasteiger partial charge is 0.129 e. The van der Waals surface area contributed by atoms with Crippen molar-refractivity contribution in [1.82, 2.24) is 0 Å². The molecule has 0 aliphatic carbocycles. The van der Waals surface area contributed by atoms with Crippen molar-refractivity contribution >= 4 is 38.9 Å². The quantitative estimate of drug-likeness (QED) is 0.783. The van der Waals surface area contributed by atoms with E-state index in [0.29, 0.717) is 15.1 Å². The number of hydrogen-bond acceptors (Lipinski definition) is 2. The van der Waals surface area contributed by atoms with Gasteiger partial charge in [-0.3, -0.25) is 0 Å². The topological polar surface area (TPSA) is 26.0 Å². The molecule has 0 fully saturated rings. The van der Waals surface area contributed by atoms with E-state index in [1.165, 1.54) is 6.07 Å². The van der Waals surface area contributed by atoms with Crippen molar-refractivity contribution in [2.45, 2.75) is 19.4 Å². The van der Waals surface area contributed by atoms with Gasteiger partial charge >= 0.3 is 0 Å². The molecule has 96 valence electrons. The number of halogens is 3. The van der Waals surface area contributed by atoms with Crippen LogP contribution in [0.15, 0.2) is 28.1 Å². The second-order valence-electron chi connectivity index (χ2n) is 3.93. The molecule has 0 aliphatic heterocycles. The maximum Gasteiger partial charge on any atom is 0.129 e. The minimum absolute atomic E-state index is 0.339. The van der Waals surface area contributed by atoms with Gasteiger partial charge in [0, 0.05) is 14.9 Å². The molecule has 0 spiro atoms. The molecule has 1 unspecified atom stereocenters. The summed E-state index contributed by atoms with van der Waals surface area (Å²) in [5.41, 5.74) is 7.74. The van der Waals surface area contributed by atoms with Crippen LogP contribution < -0.4 is 5.73 Å². The predicted octanol–water partition coefficient (Wildman–Crippen LogP) is 4.91. The van der Waals surface area contributed by atoms with Gasteiger partial charge in [0.15, 0.2) is 0 Å². The van der Waals surface area contributed by atoms with E-state index in [2.05, 4.69) is 22.9 Å². The lowest BCUT2D eigenvalue weighted by Crippen LogP contribution is -2.14. The number of rotatable bonds is 3. The van der Waals surface area contributed by atoms with Crippen LogP contribution in [0.4, 0.5) is 4.39 Å². The van der Waals surface area contributed by atoms with Crippen LogP contribution in [0.1, 0.15) is 29.0 Å². The molecule has 1 nitrogen and oxygen atoms in total. The first-order valence-electron chi connectivity index (χ1n) is 5.50. The third kappa shape index (κ3) is 2.62. The Labute approximate surface area is 123 Å². The Kier molecular flexibility index (Phi) is 4.43. The fourth-order valence-corrected chi connectivity index (χ4v) is 3.33. The van der Waals surface area contributed by atoms with Crippen LogP contribution in [-0.4, -0.2) is 0 Å². The van der Waals surface area contributed by atoms with Crippen molar-refractivity contribution in [2.24, 2.45) is 5.73 Å². The summed E-state index contributed by atoms with van der Waals surface area (Å²) in [6, 6.07) is 4.50. The summed E-state index contributed by atoms with van der Waals surface area (Å²) in [4.78, 5) is 0.995. The van der Waals surface area contributed by atoms with Gasteiger partial charge in [-0.25, -0.2) is 4.39 Å². The molecule has 0 radical (unpaired) electrons. The van der Waals surface area contributed by atoms with Gasteiger partial charge < -0.3 is 5.73 Å². The SMILES string of the molecule is CCc1ccsc1C(N)c1cc(Cl)c(Br)cc1F. The van der Waals surface area contributed by atoms with E-state index < -0.39 is 6.04 Å². The van der Waals surface area contributed by atoms with Gasteiger partial charge in [-0.2, -0.15) is 0 Å². The minimum Gasteiger partial charge on any atom is -0.320 e. The highest BCUT2D eigenvalue weighted by Crippen LogP contribution is 2.33. The van der Waals surface area contributed by atoms with Crippen LogP contribution in [0.3, 0.4) is 0 Å². The van der Waals surface area contributed by atoms with Gasteiger partial charge in [0.2, 0.25) is 0 Å². The normalized spacial score (nSPS) is 12.7. The Hall–Kier alpha value is -0.420. The lowest BCUT2D eigenvalue weighted by Gasteiger charge is -2.14. The number of thiophene rings is 1. The van der Waals surface area contributed by atoms with Crippen LogP contribution in [0, 0.1) is 5.82 Å². The predicted molar refractivity (Wildman–Crippen MR) is 78.8 cm³/mol. The summed E-state index contributed by atoms with van der Waals surface area (Å²) < 4.78 is 14.5. The maximum absolute atomic E-state index is 13.9. The number of hydrogen-bond donors (Lipinski definition) is 1.